The first-order chi connectivity index (χ1) is 6.78. The van der Waals surface area contributed by atoms with Gasteiger partial charge in [0.25, 0.3) is 0 Å². The van der Waals surface area contributed by atoms with Crippen molar-refractivity contribution in [1.29, 1.82) is 0 Å². The van der Waals surface area contributed by atoms with E-state index < -0.39 is 0 Å². The van der Waals surface area contributed by atoms with Crippen molar-refractivity contribution in [2.24, 2.45) is 0 Å². The Bertz CT molecular complexity index is 416. The zero-order chi connectivity index (χ0) is 9.76. The number of carbonyl (C=O) groups excluding carboxylic acids is 1. The van der Waals surface area contributed by atoms with Crippen LogP contribution in [0.25, 0.3) is 0 Å². The number of hydrogen-bond acceptors (Lipinski definition) is 2. The van der Waals surface area contributed by atoms with E-state index in [1.54, 1.807) is 7.11 Å². The van der Waals surface area contributed by atoms with E-state index in [0.717, 1.165) is 24.2 Å². The normalized spacial score (nSPS) is 21.1. The van der Waals surface area contributed by atoms with Crippen molar-refractivity contribution in [3.05, 3.63) is 29.3 Å². The predicted octanol–water partition coefficient (Wildman–Crippen LogP) is 1.85. The maximum atomic E-state index is 11.8. The van der Waals surface area contributed by atoms with Gasteiger partial charge in [-0.3, -0.25) is 4.79 Å². The Balaban J connectivity index is 2.21. The zero-order valence-electron chi connectivity index (χ0n) is 8.17. The molecule has 0 heterocycles. The third-order valence-corrected chi connectivity index (χ3v) is 3.49. The Labute approximate surface area is 82.9 Å². The van der Waals surface area contributed by atoms with Crippen LogP contribution in [0, 0.1) is 0 Å². The van der Waals surface area contributed by atoms with Gasteiger partial charge in [-0.25, -0.2) is 0 Å². The second-order valence-corrected chi connectivity index (χ2v) is 4.17. The Hall–Kier alpha value is -1.31. The van der Waals surface area contributed by atoms with Crippen molar-refractivity contribution in [2.45, 2.75) is 24.7 Å². The molecule has 1 fully saturated rings. The quantitative estimate of drug-likeness (QED) is 0.672. The molecule has 3 rings (SSSR count). The zero-order valence-corrected chi connectivity index (χ0v) is 8.17. The lowest BCUT2D eigenvalue weighted by Crippen LogP contribution is -2.13. The second kappa shape index (κ2) is 2.38. The molecule has 0 saturated heterocycles. The average molecular weight is 188 g/mol. The first-order valence-corrected chi connectivity index (χ1v) is 4.97. The number of Topliss-reactive ketones (excluding diaryl/α,β-unsaturated/α-hetero) is 1. The molecule has 2 heteroatoms. The van der Waals surface area contributed by atoms with Crippen molar-refractivity contribution in [3.8, 4) is 5.75 Å². The number of ketones is 1. The van der Waals surface area contributed by atoms with E-state index in [0.29, 0.717) is 12.2 Å². The molecule has 2 aliphatic rings. The number of ether oxygens (including phenoxy) is 1. The molecule has 2 aliphatic carbocycles. The molecular formula is C12H12O2. The van der Waals surface area contributed by atoms with Crippen LogP contribution in [0.5, 0.6) is 5.75 Å². The Kier molecular flexibility index (Phi) is 1.37. The number of hydrogen-bond donors (Lipinski definition) is 0. The van der Waals surface area contributed by atoms with Crippen LogP contribution in [-0.2, 0) is 16.6 Å². The Morgan fingerprint density at radius 2 is 2.14 bits per heavy atom. The third kappa shape index (κ3) is 0.788. The number of rotatable bonds is 1. The van der Waals surface area contributed by atoms with Gasteiger partial charge < -0.3 is 4.74 Å². The molecule has 2 nitrogen and oxygen atoms in total. The Morgan fingerprint density at radius 1 is 1.36 bits per heavy atom. The van der Waals surface area contributed by atoms with Gasteiger partial charge in [0.2, 0.25) is 0 Å². The van der Waals surface area contributed by atoms with Crippen LogP contribution in [0.2, 0.25) is 0 Å². The van der Waals surface area contributed by atoms with Gasteiger partial charge in [-0.1, -0.05) is 12.1 Å². The minimum atomic E-state index is -0.0934. The van der Waals surface area contributed by atoms with Gasteiger partial charge in [0.05, 0.1) is 12.5 Å². The highest BCUT2D eigenvalue weighted by atomic mass is 16.5. The first kappa shape index (κ1) is 8.04. The molecule has 0 N–H and O–H groups in total. The molecule has 1 saturated carbocycles. The van der Waals surface area contributed by atoms with Gasteiger partial charge in [-0.05, 0) is 24.5 Å². The lowest BCUT2D eigenvalue weighted by Gasteiger charge is -2.08. The van der Waals surface area contributed by atoms with Gasteiger partial charge in [-0.15, -0.1) is 0 Å². The molecule has 0 aromatic heterocycles. The van der Waals surface area contributed by atoms with Crippen LogP contribution in [0.1, 0.15) is 24.0 Å². The van der Waals surface area contributed by atoms with E-state index in [4.69, 9.17) is 4.74 Å². The van der Waals surface area contributed by atoms with Gasteiger partial charge in [0.15, 0.2) is 0 Å². The molecule has 14 heavy (non-hydrogen) atoms. The van der Waals surface area contributed by atoms with Crippen molar-refractivity contribution >= 4 is 5.78 Å². The molecule has 0 atom stereocenters. The highest BCUT2D eigenvalue weighted by molar-refractivity contribution is 5.99. The standard InChI is InChI=1S/C12H12O2/c1-14-10-4-2-3-9-8(10)7-11(13)12(9)5-6-12/h2-4H,5-7H2,1H3. The predicted molar refractivity (Wildman–Crippen MR) is 52.6 cm³/mol. The molecule has 0 aliphatic heterocycles. The van der Waals surface area contributed by atoms with Gasteiger partial charge in [0.1, 0.15) is 11.5 Å². The van der Waals surface area contributed by atoms with Crippen LogP contribution in [0.3, 0.4) is 0 Å². The van der Waals surface area contributed by atoms with Gasteiger partial charge >= 0.3 is 0 Å². The summed E-state index contributed by atoms with van der Waals surface area (Å²) >= 11 is 0. The van der Waals surface area contributed by atoms with Crippen LogP contribution in [0.15, 0.2) is 18.2 Å². The number of benzene rings is 1. The van der Waals surface area contributed by atoms with Crippen LogP contribution >= 0.6 is 0 Å². The van der Waals surface area contributed by atoms with E-state index in [-0.39, 0.29) is 5.41 Å². The molecule has 0 bridgehead atoms. The summed E-state index contributed by atoms with van der Waals surface area (Å²) in [7, 11) is 1.66. The van der Waals surface area contributed by atoms with E-state index in [2.05, 4.69) is 6.07 Å². The maximum Gasteiger partial charge on any atom is 0.147 e. The Morgan fingerprint density at radius 3 is 2.79 bits per heavy atom. The third-order valence-electron chi connectivity index (χ3n) is 3.49. The molecule has 0 amide bonds. The van der Waals surface area contributed by atoms with Gasteiger partial charge in [-0.2, -0.15) is 0 Å². The molecule has 0 radical (unpaired) electrons. The van der Waals surface area contributed by atoms with E-state index in [9.17, 15) is 4.79 Å². The van der Waals surface area contributed by atoms with Gasteiger partial charge in [0, 0.05) is 12.0 Å². The average Bonchev–Trinajstić information content (AvgIpc) is 2.93. The fourth-order valence-electron chi connectivity index (χ4n) is 2.54. The number of carbonyl (C=O) groups is 1. The topological polar surface area (TPSA) is 26.3 Å². The van der Waals surface area contributed by atoms with E-state index >= 15 is 0 Å². The summed E-state index contributed by atoms with van der Waals surface area (Å²) in [5, 5.41) is 0. The van der Waals surface area contributed by atoms with Crippen molar-refractivity contribution < 1.29 is 9.53 Å². The minimum Gasteiger partial charge on any atom is -0.496 e. The lowest BCUT2D eigenvalue weighted by molar-refractivity contribution is -0.119. The fourth-order valence-corrected chi connectivity index (χ4v) is 2.54. The summed E-state index contributed by atoms with van der Waals surface area (Å²) in [6.07, 6.45) is 2.64. The number of fused-ring (bicyclic) bond motifs is 2. The molecule has 1 aromatic rings. The lowest BCUT2D eigenvalue weighted by atomic mass is 9.98. The summed E-state index contributed by atoms with van der Waals surface area (Å²) in [5.41, 5.74) is 2.25. The maximum absolute atomic E-state index is 11.8. The number of methoxy groups -OCH3 is 1. The largest absolute Gasteiger partial charge is 0.496 e. The first-order valence-electron chi connectivity index (χ1n) is 4.97. The highest BCUT2D eigenvalue weighted by Crippen LogP contribution is 2.55. The monoisotopic (exact) mass is 188 g/mol. The second-order valence-electron chi connectivity index (χ2n) is 4.17. The summed E-state index contributed by atoms with van der Waals surface area (Å²) in [6, 6.07) is 6.00. The SMILES string of the molecule is COc1cccc2c1CC(=O)C21CC1. The molecule has 0 unspecified atom stereocenters. The van der Waals surface area contributed by atoms with Crippen LogP contribution in [0.4, 0.5) is 0 Å². The van der Waals surface area contributed by atoms with E-state index in [1.807, 2.05) is 12.1 Å². The van der Waals surface area contributed by atoms with Crippen molar-refractivity contribution in [1.82, 2.24) is 0 Å². The molecular weight excluding hydrogens is 176 g/mol. The molecule has 1 spiro atoms. The summed E-state index contributed by atoms with van der Waals surface area (Å²) in [5.74, 6) is 1.26. The summed E-state index contributed by atoms with van der Waals surface area (Å²) in [6.45, 7) is 0. The molecule has 1 aromatic carbocycles. The fraction of sp³-hybridized carbons (Fsp3) is 0.417. The van der Waals surface area contributed by atoms with Crippen molar-refractivity contribution in [2.75, 3.05) is 7.11 Å². The smallest absolute Gasteiger partial charge is 0.147 e. The minimum absolute atomic E-state index is 0.0934. The van der Waals surface area contributed by atoms with E-state index in [1.165, 1.54) is 5.56 Å². The van der Waals surface area contributed by atoms with Crippen molar-refractivity contribution in [3.63, 3.8) is 0 Å². The van der Waals surface area contributed by atoms with Crippen LogP contribution in [-0.4, -0.2) is 12.9 Å². The summed E-state index contributed by atoms with van der Waals surface area (Å²) in [4.78, 5) is 11.8. The highest BCUT2D eigenvalue weighted by Gasteiger charge is 2.55. The molecule has 72 valence electrons. The summed E-state index contributed by atoms with van der Waals surface area (Å²) < 4.78 is 5.27. The van der Waals surface area contributed by atoms with Crippen LogP contribution < -0.4 is 4.74 Å².